The molecular formula is C9H16S. The molecule has 0 aromatic heterocycles. The van der Waals surface area contributed by atoms with Crippen molar-refractivity contribution in [3.8, 4) is 0 Å². The van der Waals surface area contributed by atoms with E-state index in [-0.39, 0.29) is 0 Å². The fourth-order valence-corrected chi connectivity index (χ4v) is 3.40. The van der Waals surface area contributed by atoms with Gasteiger partial charge in [-0.2, -0.15) is 11.8 Å². The minimum Gasteiger partial charge on any atom is -0.162 e. The predicted octanol–water partition coefficient (Wildman–Crippen LogP) is 2.93. The summed E-state index contributed by atoms with van der Waals surface area (Å²) in [6, 6.07) is 0. The molecule has 0 spiro atoms. The standard InChI is InChI=1S/C9H16S/c1-2-6-10-7-9-5-4-8(9)3-1/h8-9H,1-7H2. The fourth-order valence-electron chi connectivity index (χ4n) is 2.08. The zero-order valence-corrected chi connectivity index (χ0v) is 7.33. The van der Waals surface area contributed by atoms with Crippen LogP contribution in [-0.2, 0) is 0 Å². The molecule has 10 heavy (non-hydrogen) atoms. The lowest BCUT2D eigenvalue weighted by Gasteiger charge is -2.38. The van der Waals surface area contributed by atoms with E-state index in [1.54, 1.807) is 12.8 Å². The van der Waals surface area contributed by atoms with Crippen molar-refractivity contribution in [1.82, 2.24) is 0 Å². The lowest BCUT2D eigenvalue weighted by atomic mass is 9.72. The summed E-state index contributed by atoms with van der Waals surface area (Å²) in [5, 5.41) is 0. The van der Waals surface area contributed by atoms with E-state index in [0.717, 1.165) is 11.8 Å². The highest BCUT2D eigenvalue weighted by molar-refractivity contribution is 7.99. The molecule has 2 fully saturated rings. The van der Waals surface area contributed by atoms with Gasteiger partial charge in [-0.05, 0) is 42.6 Å². The molecular weight excluding hydrogens is 140 g/mol. The zero-order valence-electron chi connectivity index (χ0n) is 6.51. The summed E-state index contributed by atoms with van der Waals surface area (Å²) in [6.07, 6.45) is 7.62. The molecule has 0 nitrogen and oxygen atoms in total. The molecule has 1 saturated heterocycles. The smallest absolute Gasteiger partial charge is 0.00365 e. The van der Waals surface area contributed by atoms with Crippen LogP contribution in [0.2, 0.25) is 0 Å². The molecule has 2 rings (SSSR count). The maximum absolute atomic E-state index is 2.19. The van der Waals surface area contributed by atoms with E-state index in [1.807, 2.05) is 0 Å². The minimum atomic E-state index is 1.13. The Morgan fingerprint density at radius 3 is 2.60 bits per heavy atom. The van der Waals surface area contributed by atoms with Crippen LogP contribution in [-0.4, -0.2) is 11.5 Å². The molecule has 0 amide bonds. The topological polar surface area (TPSA) is 0 Å². The van der Waals surface area contributed by atoms with Gasteiger partial charge in [-0.3, -0.25) is 0 Å². The summed E-state index contributed by atoms with van der Waals surface area (Å²) in [4.78, 5) is 0. The zero-order chi connectivity index (χ0) is 6.81. The van der Waals surface area contributed by atoms with E-state index in [4.69, 9.17) is 0 Å². The van der Waals surface area contributed by atoms with Crippen LogP contribution in [0.25, 0.3) is 0 Å². The summed E-state index contributed by atoms with van der Waals surface area (Å²) >= 11 is 2.19. The normalized spacial score (nSPS) is 40.8. The highest BCUT2D eigenvalue weighted by Crippen LogP contribution is 2.41. The second-order valence-corrected chi connectivity index (χ2v) is 4.82. The summed E-state index contributed by atoms with van der Waals surface area (Å²) in [7, 11) is 0. The summed E-state index contributed by atoms with van der Waals surface area (Å²) in [5.41, 5.74) is 0. The Balaban J connectivity index is 1.83. The van der Waals surface area contributed by atoms with Gasteiger partial charge in [-0.25, -0.2) is 0 Å². The Kier molecular flexibility index (Phi) is 2.22. The molecule has 0 radical (unpaired) electrons. The third-order valence-electron chi connectivity index (χ3n) is 3.02. The molecule has 0 N–H and O–H groups in total. The van der Waals surface area contributed by atoms with Gasteiger partial charge in [0, 0.05) is 0 Å². The van der Waals surface area contributed by atoms with E-state index in [9.17, 15) is 0 Å². The average molecular weight is 156 g/mol. The van der Waals surface area contributed by atoms with Crippen molar-refractivity contribution in [2.75, 3.05) is 11.5 Å². The van der Waals surface area contributed by atoms with Gasteiger partial charge in [0.25, 0.3) is 0 Å². The monoisotopic (exact) mass is 156 g/mol. The van der Waals surface area contributed by atoms with Crippen LogP contribution >= 0.6 is 11.8 Å². The molecule has 2 unspecified atom stereocenters. The first-order valence-electron chi connectivity index (χ1n) is 4.54. The third kappa shape index (κ3) is 1.34. The quantitative estimate of drug-likeness (QED) is 0.519. The van der Waals surface area contributed by atoms with E-state index >= 15 is 0 Å². The van der Waals surface area contributed by atoms with Crippen LogP contribution in [0.4, 0.5) is 0 Å². The lowest BCUT2D eigenvalue weighted by Crippen LogP contribution is -2.28. The molecule has 1 heterocycles. The fraction of sp³-hybridized carbons (Fsp3) is 1.00. The first-order chi connectivity index (χ1) is 4.97. The van der Waals surface area contributed by atoms with Crippen molar-refractivity contribution in [2.45, 2.75) is 32.1 Å². The summed E-state index contributed by atoms with van der Waals surface area (Å²) in [6.45, 7) is 0. The molecule has 1 aliphatic carbocycles. The molecule has 0 aromatic carbocycles. The Morgan fingerprint density at radius 1 is 0.900 bits per heavy atom. The van der Waals surface area contributed by atoms with Crippen LogP contribution < -0.4 is 0 Å². The highest BCUT2D eigenvalue weighted by Gasteiger charge is 2.30. The Labute approximate surface area is 67.8 Å². The van der Waals surface area contributed by atoms with Crippen molar-refractivity contribution in [1.29, 1.82) is 0 Å². The van der Waals surface area contributed by atoms with Crippen molar-refractivity contribution in [3.63, 3.8) is 0 Å². The largest absolute Gasteiger partial charge is 0.162 e. The molecule has 58 valence electrons. The summed E-state index contributed by atoms with van der Waals surface area (Å²) in [5.74, 6) is 5.19. The Morgan fingerprint density at radius 2 is 1.80 bits per heavy atom. The van der Waals surface area contributed by atoms with E-state index in [1.165, 1.54) is 30.8 Å². The number of fused-ring (bicyclic) bond motifs is 1. The minimum absolute atomic E-state index is 1.13. The maximum Gasteiger partial charge on any atom is -0.00365 e. The van der Waals surface area contributed by atoms with Gasteiger partial charge in [0.05, 0.1) is 0 Å². The SMILES string of the molecule is C1CCC2CCC2CSC1. The Hall–Kier alpha value is 0.350. The predicted molar refractivity (Wildman–Crippen MR) is 47.4 cm³/mol. The molecule has 1 aliphatic heterocycles. The van der Waals surface area contributed by atoms with Crippen LogP contribution in [0.1, 0.15) is 32.1 Å². The average Bonchev–Trinajstić information content (AvgIpc) is 1.89. The highest BCUT2D eigenvalue weighted by atomic mass is 32.2. The summed E-state index contributed by atoms with van der Waals surface area (Å²) < 4.78 is 0. The maximum atomic E-state index is 2.19. The molecule has 2 aliphatic rings. The molecule has 2 atom stereocenters. The van der Waals surface area contributed by atoms with E-state index in [2.05, 4.69) is 11.8 Å². The van der Waals surface area contributed by atoms with Crippen molar-refractivity contribution < 1.29 is 0 Å². The van der Waals surface area contributed by atoms with Gasteiger partial charge in [-0.15, -0.1) is 0 Å². The van der Waals surface area contributed by atoms with Gasteiger partial charge in [0.2, 0.25) is 0 Å². The van der Waals surface area contributed by atoms with Crippen LogP contribution in [0.5, 0.6) is 0 Å². The number of hydrogen-bond acceptors (Lipinski definition) is 1. The second-order valence-electron chi connectivity index (χ2n) is 3.67. The second kappa shape index (κ2) is 3.17. The van der Waals surface area contributed by atoms with Gasteiger partial charge >= 0.3 is 0 Å². The molecule has 0 bridgehead atoms. The van der Waals surface area contributed by atoms with Gasteiger partial charge in [0.15, 0.2) is 0 Å². The molecule has 0 aromatic rings. The van der Waals surface area contributed by atoms with Crippen LogP contribution in [0.3, 0.4) is 0 Å². The van der Waals surface area contributed by atoms with Crippen LogP contribution in [0.15, 0.2) is 0 Å². The van der Waals surface area contributed by atoms with Gasteiger partial charge < -0.3 is 0 Å². The van der Waals surface area contributed by atoms with Crippen LogP contribution in [0, 0.1) is 11.8 Å². The van der Waals surface area contributed by atoms with Crippen molar-refractivity contribution >= 4 is 11.8 Å². The van der Waals surface area contributed by atoms with Gasteiger partial charge in [-0.1, -0.05) is 12.8 Å². The Bertz CT molecular complexity index is 97.3. The first-order valence-corrected chi connectivity index (χ1v) is 5.70. The first kappa shape index (κ1) is 7.02. The molecule has 1 saturated carbocycles. The van der Waals surface area contributed by atoms with E-state index in [0.29, 0.717) is 0 Å². The number of thioether (sulfide) groups is 1. The number of hydrogen-bond donors (Lipinski definition) is 0. The molecule has 1 heteroatoms. The number of rotatable bonds is 0. The van der Waals surface area contributed by atoms with Crippen molar-refractivity contribution in [3.05, 3.63) is 0 Å². The van der Waals surface area contributed by atoms with Crippen molar-refractivity contribution in [2.24, 2.45) is 11.8 Å². The van der Waals surface area contributed by atoms with E-state index < -0.39 is 0 Å². The third-order valence-corrected chi connectivity index (χ3v) is 4.26. The lowest BCUT2D eigenvalue weighted by molar-refractivity contribution is 0.182. The van der Waals surface area contributed by atoms with Gasteiger partial charge in [0.1, 0.15) is 0 Å².